The molecule has 100 valence electrons. The van der Waals surface area contributed by atoms with Crippen molar-refractivity contribution < 1.29 is 13.9 Å². The molecule has 1 aromatic carbocycles. The Morgan fingerprint density at radius 1 is 1.42 bits per heavy atom. The molecule has 0 fully saturated rings. The summed E-state index contributed by atoms with van der Waals surface area (Å²) in [5.74, 6) is -0.802. The van der Waals surface area contributed by atoms with Crippen molar-refractivity contribution in [3.63, 3.8) is 0 Å². The van der Waals surface area contributed by atoms with Gasteiger partial charge in [-0.15, -0.1) is 0 Å². The number of rotatable bonds is 4. The van der Waals surface area contributed by atoms with Gasteiger partial charge >= 0.3 is 5.97 Å². The van der Waals surface area contributed by atoms with E-state index in [1.54, 1.807) is 36.3 Å². The second kappa shape index (κ2) is 5.51. The van der Waals surface area contributed by atoms with Crippen LogP contribution >= 0.6 is 0 Å². The number of aryl methyl sites for hydroxylation is 1. The maximum absolute atomic E-state index is 12.9. The molecule has 1 atom stereocenters. The summed E-state index contributed by atoms with van der Waals surface area (Å²) in [6.07, 6.45) is 3.33. The third kappa shape index (κ3) is 3.09. The van der Waals surface area contributed by atoms with E-state index in [0.29, 0.717) is 11.3 Å². The van der Waals surface area contributed by atoms with E-state index in [0.717, 1.165) is 0 Å². The van der Waals surface area contributed by atoms with Gasteiger partial charge in [-0.05, 0) is 17.7 Å². The zero-order valence-corrected chi connectivity index (χ0v) is 10.6. The lowest BCUT2D eigenvalue weighted by Gasteiger charge is -2.16. The molecule has 0 aliphatic rings. The molecular formula is C13H14FN3O2. The number of nitrogens with zero attached hydrogens (tertiary/aromatic N) is 2. The summed E-state index contributed by atoms with van der Waals surface area (Å²) in [5.41, 5.74) is 1.30. The second-order valence-corrected chi connectivity index (χ2v) is 4.05. The minimum absolute atomic E-state index is 0.353. The van der Waals surface area contributed by atoms with E-state index in [1.807, 2.05) is 0 Å². The van der Waals surface area contributed by atoms with Crippen LogP contribution in [0.2, 0.25) is 0 Å². The lowest BCUT2D eigenvalue weighted by Crippen LogP contribution is -2.22. The third-order valence-corrected chi connectivity index (χ3v) is 2.66. The first kappa shape index (κ1) is 13.1. The van der Waals surface area contributed by atoms with Gasteiger partial charge in [-0.25, -0.2) is 9.18 Å². The van der Waals surface area contributed by atoms with Crippen molar-refractivity contribution in [2.45, 2.75) is 6.04 Å². The SMILES string of the molecule is COC(=O)[C@H](Nc1cnn(C)c1)c1ccc(F)cc1. The quantitative estimate of drug-likeness (QED) is 0.856. The number of aromatic nitrogens is 2. The van der Waals surface area contributed by atoms with Crippen LogP contribution in [0.1, 0.15) is 11.6 Å². The van der Waals surface area contributed by atoms with Gasteiger partial charge in [-0.3, -0.25) is 4.68 Å². The Labute approximate surface area is 110 Å². The van der Waals surface area contributed by atoms with Gasteiger partial charge in [0.15, 0.2) is 6.04 Å². The first-order valence-electron chi connectivity index (χ1n) is 5.68. The van der Waals surface area contributed by atoms with Gasteiger partial charge in [0.1, 0.15) is 5.82 Å². The van der Waals surface area contributed by atoms with Gasteiger partial charge in [0.05, 0.1) is 19.0 Å². The second-order valence-electron chi connectivity index (χ2n) is 4.05. The zero-order valence-electron chi connectivity index (χ0n) is 10.6. The summed E-state index contributed by atoms with van der Waals surface area (Å²) in [7, 11) is 3.08. The molecule has 1 heterocycles. The molecular weight excluding hydrogens is 249 g/mol. The van der Waals surface area contributed by atoms with Crippen molar-refractivity contribution in [1.29, 1.82) is 0 Å². The molecule has 1 N–H and O–H groups in total. The van der Waals surface area contributed by atoms with Gasteiger partial charge in [0.25, 0.3) is 0 Å². The van der Waals surface area contributed by atoms with E-state index in [4.69, 9.17) is 4.74 Å². The summed E-state index contributed by atoms with van der Waals surface area (Å²) >= 11 is 0. The van der Waals surface area contributed by atoms with Crippen molar-refractivity contribution in [3.05, 3.63) is 48.0 Å². The average Bonchev–Trinajstić information content (AvgIpc) is 2.82. The molecule has 0 radical (unpaired) electrons. The standard InChI is InChI=1S/C13H14FN3O2/c1-17-8-11(7-15-17)16-12(13(18)19-2)9-3-5-10(14)6-4-9/h3-8,12,16H,1-2H3/t12-/m1/s1. The monoisotopic (exact) mass is 263 g/mol. The molecule has 0 saturated heterocycles. The van der Waals surface area contributed by atoms with Crippen LogP contribution in [0, 0.1) is 5.82 Å². The largest absolute Gasteiger partial charge is 0.467 e. The lowest BCUT2D eigenvalue weighted by molar-refractivity contribution is -0.141. The number of hydrogen-bond donors (Lipinski definition) is 1. The fourth-order valence-corrected chi connectivity index (χ4v) is 1.71. The normalized spacial score (nSPS) is 11.9. The molecule has 19 heavy (non-hydrogen) atoms. The molecule has 0 aliphatic heterocycles. The number of esters is 1. The van der Waals surface area contributed by atoms with Crippen LogP contribution in [0.15, 0.2) is 36.7 Å². The molecule has 0 aliphatic carbocycles. The van der Waals surface area contributed by atoms with Crippen molar-refractivity contribution in [2.75, 3.05) is 12.4 Å². The molecule has 0 bridgehead atoms. The fraction of sp³-hybridized carbons (Fsp3) is 0.231. The first-order chi connectivity index (χ1) is 9.10. The Kier molecular flexibility index (Phi) is 3.79. The maximum Gasteiger partial charge on any atom is 0.332 e. The molecule has 5 nitrogen and oxygen atoms in total. The van der Waals surface area contributed by atoms with Crippen molar-refractivity contribution in [1.82, 2.24) is 9.78 Å². The number of carbonyl (C=O) groups is 1. The number of hydrogen-bond acceptors (Lipinski definition) is 4. The van der Waals surface area contributed by atoms with Crippen LogP contribution in [-0.4, -0.2) is 22.9 Å². The zero-order chi connectivity index (χ0) is 13.8. The van der Waals surface area contributed by atoms with E-state index < -0.39 is 12.0 Å². The van der Waals surface area contributed by atoms with Crippen LogP contribution in [0.4, 0.5) is 10.1 Å². The van der Waals surface area contributed by atoms with Gasteiger partial charge in [0, 0.05) is 13.2 Å². The van der Waals surface area contributed by atoms with Gasteiger partial charge in [-0.2, -0.15) is 5.10 Å². The van der Waals surface area contributed by atoms with E-state index in [1.165, 1.54) is 19.2 Å². The minimum atomic E-state index is -0.699. The molecule has 6 heteroatoms. The Hall–Kier alpha value is -2.37. The summed E-state index contributed by atoms with van der Waals surface area (Å²) in [6.45, 7) is 0. The van der Waals surface area contributed by atoms with Crippen LogP contribution in [0.25, 0.3) is 0 Å². The topological polar surface area (TPSA) is 56.1 Å². The Balaban J connectivity index is 2.25. The summed E-state index contributed by atoms with van der Waals surface area (Å²) in [5, 5.41) is 7.01. The summed E-state index contributed by atoms with van der Waals surface area (Å²) in [6, 6.07) is 4.99. The molecule has 2 rings (SSSR count). The molecule has 0 saturated carbocycles. The van der Waals surface area contributed by atoms with Crippen LogP contribution in [0.5, 0.6) is 0 Å². The van der Waals surface area contributed by atoms with E-state index in [-0.39, 0.29) is 5.82 Å². The number of halogens is 1. The Bertz CT molecular complexity index is 566. The average molecular weight is 263 g/mol. The Morgan fingerprint density at radius 3 is 2.63 bits per heavy atom. The number of methoxy groups -OCH3 is 1. The third-order valence-electron chi connectivity index (χ3n) is 2.66. The first-order valence-corrected chi connectivity index (χ1v) is 5.68. The smallest absolute Gasteiger partial charge is 0.332 e. The Morgan fingerprint density at radius 2 is 2.11 bits per heavy atom. The van der Waals surface area contributed by atoms with Crippen molar-refractivity contribution in [3.8, 4) is 0 Å². The highest BCUT2D eigenvalue weighted by molar-refractivity contribution is 5.80. The van der Waals surface area contributed by atoms with Gasteiger partial charge < -0.3 is 10.1 Å². The van der Waals surface area contributed by atoms with E-state index in [2.05, 4.69) is 10.4 Å². The predicted octanol–water partition coefficient (Wildman–Crippen LogP) is 1.89. The number of benzene rings is 1. The highest BCUT2D eigenvalue weighted by Gasteiger charge is 2.21. The van der Waals surface area contributed by atoms with Crippen molar-refractivity contribution in [2.24, 2.45) is 7.05 Å². The number of nitrogens with one attached hydrogen (secondary N) is 1. The van der Waals surface area contributed by atoms with Crippen LogP contribution in [-0.2, 0) is 16.6 Å². The molecule has 0 amide bonds. The molecule has 0 spiro atoms. The number of carbonyl (C=O) groups excluding carboxylic acids is 1. The summed E-state index contributed by atoms with van der Waals surface area (Å²) in [4.78, 5) is 11.8. The fourth-order valence-electron chi connectivity index (χ4n) is 1.71. The van der Waals surface area contributed by atoms with E-state index in [9.17, 15) is 9.18 Å². The number of anilines is 1. The van der Waals surface area contributed by atoms with Gasteiger partial charge in [-0.1, -0.05) is 12.1 Å². The lowest BCUT2D eigenvalue weighted by atomic mass is 10.1. The molecule has 2 aromatic rings. The highest BCUT2D eigenvalue weighted by atomic mass is 19.1. The van der Waals surface area contributed by atoms with Crippen LogP contribution < -0.4 is 5.32 Å². The predicted molar refractivity (Wildman–Crippen MR) is 68.0 cm³/mol. The van der Waals surface area contributed by atoms with Crippen molar-refractivity contribution >= 4 is 11.7 Å². The number of ether oxygens (including phenoxy) is 1. The van der Waals surface area contributed by atoms with Gasteiger partial charge in [0.2, 0.25) is 0 Å². The molecule has 0 unspecified atom stereocenters. The minimum Gasteiger partial charge on any atom is -0.467 e. The molecule has 1 aromatic heterocycles. The van der Waals surface area contributed by atoms with E-state index >= 15 is 0 Å². The van der Waals surface area contributed by atoms with Crippen LogP contribution in [0.3, 0.4) is 0 Å². The summed E-state index contributed by atoms with van der Waals surface area (Å²) < 4.78 is 19.3. The highest BCUT2D eigenvalue weighted by Crippen LogP contribution is 2.20. The maximum atomic E-state index is 12.9.